The number of aliphatic imine (C=N–C) groups is 1. The number of phenols is 1. The van der Waals surface area contributed by atoms with Crippen LogP contribution in [0.25, 0.3) is 0 Å². The summed E-state index contributed by atoms with van der Waals surface area (Å²) in [4.78, 5) is 55.2. The van der Waals surface area contributed by atoms with Gasteiger partial charge in [0.15, 0.2) is 5.96 Å². The van der Waals surface area contributed by atoms with E-state index in [1.54, 1.807) is 12.1 Å². The number of carbonyl (C=O) groups is 4. The number of amides is 3. The van der Waals surface area contributed by atoms with Crippen molar-refractivity contribution in [3.8, 4) is 5.75 Å². The summed E-state index contributed by atoms with van der Waals surface area (Å²) in [6.07, 6.45) is 3.36. The van der Waals surface area contributed by atoms with Crippen LogP contribution < -0.4 is 38.5 Å². The molecule has 1 fully saturated rings. The van der Waals surface area contributed by atoms with E-state index in [4.69, 9.17) is 17.2 Å². The lowest BCUT2D eigenvalue weighted by Crippen LogP contribution is -2.57. The van der Waals surface area contributed by atoms with Gasteiger partial charge in [0.05, 0.1) is 6.04 Å². The molecule has 0 aliphatic carbocycles. The van der Waals surface area contributed by atoms with Crippen molar-refractivity contribution in [2.75, 3.05) is 19.6 Å². The molecule has 222 valence electrons. The number of nitrogens with two attached hydrogens (primary N) is 3. The van der Waals surface area contributed by atoms with E-state index >= 15 is 0 Å². The number of rotatable bonds is 17. The van der Waals surface area contributed by atoms with Gasteiger partial charge in [-0.2, -0.15) is 0 Å². The first-order valence-corrected chi connectivity index (χ1v) is 13.5. The highest BCUT2D eigenvalue weighted by atomic mass is 16.4. The Balaban J connectivity index is 2.21. The molecule has 1 aromatic rings. The van der Waals surface area contributed by atoms with Crippen molar-refractivity contribution in [1.82, 2.24) is 21.3 Å². The van der Waals surface area contributed by atoms with Crippen LogP contribution in [0.3, 0.4) is 0 Å². The topological polar surface area (TPSA) is 247 Å². The number of unbranched alkanes of at least 4 members (excludes halogenated alkanes) is 1. The van der Waals surface area contributed by atoms with Crippen LogP contribution in [0.4, 0.5) is 0 Å². The molecule has 1 aliphatic heterocycles. The van der Waals surface area contributed by atoms with Gasteiger partial charge in [-0.05, 0) is 75.7 Å². The van der Waals surface area contributed by atoms with E-state index in [2.05, 4.69) is 26.3 Å². The first-order valence-electron chi connectivity index (χ1n) is 13.5. The summed E-state index contributed by atoms with van der Waals surface area (Å²) >= 11 is 0. The Hall–Kier alpha value is -3.91. The van der Waals surface area contributed by atoms with Gasteiger partial charge in [-0.3, -0.25) is 19.4 Å². The normalized spacial score (nSPS) is 16.8. The van der Waals surface area contributed by atoms with Gasteiger partial charge < -0.3 is 48.7 Å². The quantitative estimate of drug-likeness (QED) is 0.0598. The van der Waals surface area contributed by atoms with E-state index in [-0.39, 0.29) is 43.4 Å². The number of phenolic OH excluding ortho intramolecular Hbond substituents is 1. The van der Waals surface area contributed by atoms with Crippen LogP contribution in [0.2, 0.25) is 0 Å². The van der Waals surface area contributed by atoms with Gasteiger partial charge in [0.1, 0.15) is 23.9 Å². The van der Waals surface area contributed by atoms with Crippen molar-refractivity contribution in [2.24, 2.45) is 22.2 Å². The van der Waals surface area contributed by atoms with Crippen LogP contribution in [-0.4, -0.2) is 83.7 Å². The molecule has 12 N–H and O–H groups in total. The fourth-order valence-corrected chi connectivity index (χ4v) is 4.32. The van der Waals surface area contributed by atoms with Gasteiger partial charge in [0.25, 0.3) is 0 Å². The molecule has 1 aromatic carbocycles. The number of carbonyl (C=O) groups excluding carboxylic acids is 3. The minimum absolute atomic E-state index is 0.0197. The van der Waals surface area contributed by atoms with Crippen molar-refractivity contribution < 1.29 is 29.4 Å². The van der Waals surface area contributed by atoms with E-state index in [0.29, 0.717) is 44.3 Å². The third kappa shape index (κ3) is 11.5. The molecule has 2 rings (SSSR count). The fourth-order valence-electron chi connectivity index (χ4n) is 4.32. The molecule has 0 radical (unpaired) electrons. The Morgan fingerprint density at radius 3 is 2.20 bits per heavy atom. The maximum Gasteiger partial charge on any atom is 0.326 e. The number of carboxylic acids is 1. The number of carboxylic acid groups (broad SMARTS) is 1. The largest absolute Gasteiger partial charge is 0.508 e. The number of aromatic hydroxyl groups is 1. The number of aliphatic carboxylic acids is 1. The Morgan fingerprint density at radius 2 is 1.60 bits per heavy atom. The second-order valence-electron chi connectivity index (χ2n) is 9.77. The summed E-state index contributed by atoms with van der Waals surface area (Å²) in [5.41, 5.74) is 16.9. The SMILES string of the molecule is NCCCCC(NC(=O)C(Cc1ccc(O)cc1)NC(=O)C(CCCN=C(N)N)NC(=O)C1CCCN1)C(=O)O. The van der Waals surface area contributed by atoms with E-state index in [9.17, 15) is 29.4 Å². The predicted octanol–water partition coefficient (Wildman–Crippen LogP) is -1.59. The number of nitrogens with zero attached hydrogens (tertiary/aromatic N) is 1. The summed E-state index contributed by atoms with van der Waals surface area (Å²) in [7, 11) is 0. The van der Waals surface area contributed by atoms with E-state index in [0.717, 1.165) is 6.42 Å². The van der Waals surface area contributed by atoms with Crippen LogP contribution in [0.1, 0.15) is 50.5 Å². The van der Waals surface area contributed by atoms with Gasteiger partial charge in [-0.25, -0.2) is 4.79 Å². The number of hydrogen-bond acceptors (Lipinski definition) is 8. The Labute approximate surface area is 233 Å². The van der Waals surface area contributed by atoms with E-state index in [1.165, 1.54) is 12.1 Å². The highest BCUT2D eigenvalue weighted by molar-refractivity contribution is 5.94. The van der Waals surface area contributed by atoms with Crippen LogP contribution in [0.5, 0.6) is 5.75 Å². The summed E-state index contributed by atoms with van der Waals surface area (Å²) in [6.45, 7) is 1.33. The predicted molar refractivity (Wildman–Crippen MR) is 149 cm³/mol. The monoisotopic (exact) mass is 562 g/mol. The summed E-state index contributed by atoms with van der Waals surface area (Å²) in [5, 5.41) is 30.3. The third-order valence-electron chi connectivity index (χ3n) is 6.53. The van der Waals surface area contributed by atoms with Crippen molar-refractivity contribution >= 4 is 29.7 Å². The molecule has 1 aliphatic rings. The standard InChI is InChI=1S/C26H42N8O6/c27-12-2-1-5-20(25(39)40)33-24(38)21(15-16-8-10-17(35)11-9-16)34-23(37)19(7-4-14-31-26(28)29)32-22(36)18-6-3-13-30-18/h8-11,18-21,30,35H,1-7,12-15,27H2,(H,32,36)(H,33,38)(H,34,37)(H,39,40)(H4,28,29,31). The molecule has 14 nitrogen and oxygen atoms in total. The lowest BCUT2D eigenvalue weighted by atomic mass is 10.0. The molecule has 4 atom stereocenters. The molecule has 0 spiro atoms. The van der Waals surface area contributed by atoms with Gasteiger partial charge in [0.2, 0.25) is 17.7 Å². The molecule has 1 saturated heterocycles. The number of hydrogen-bond donors (Lipinski definition) is 9. The highest BCUT2D eigenvalue weighted by Crippen LogP contribution is 2.13. The van der Waals surface area contributed by atoms with Crippen molar-refractivity contribution in [3.63, 3.8) is 0 Å². The molecule has 1 heterocycles. The summed E-state index contributed by atoms with van der Waals surface area (Å²) < 4.78 is 0. The van der Waals surface area contributed by atoms with E-state index < -0.39 is 42.0 Å². The molecule has 0 bridgehead atoms. The zero-order valence-electron chi connectivity index (χ0n) is 22.6. The smallest absolute Gasteiger partial charge is 0.326 e. The highest BCUT2D eigenvalue weighted by Gasteiger charge is 2.31. The Bertz CT molecular complexity index is 1010. The van der Waals surface area contributed by atoms with Crippen molar-refractivity contribution in [1.29, 1.82) is 0 Å². The zero-order chi connectivity index (χ0) is 29.5. The first-order chi connectivity index (χ1) is 19.1. The minimum Gasteiger partial charge on any atom is -0.508 e. The molecule has 0 saturated carbocycles. The van der Waals surface area contributed by atoms with Crippen LogP contribution in [0.15, 0.2) is 29.3 Å². The third-order valence-corrected chi connectivity index (χ3v) is 6.53. The minimum atomic E-state index is -1.20. The lowest BCUT2D eigenvalue weighted by molar-refractivity contribution is -0.142. The van der Waals surface area contributed by atoms with Gasteiger partial charge >= 0.3 is 5.97 Å². The number of nitrogens with one attached hydrogen (secondary N) is 4. The molecule has 40 heavy (non-hydrogen) atoms. The number of guanidine groups is 1. The number of benzene rings is 1. The maximum absolute atomic E-state index is 13.4. The molecule has 4 unspecified atom stereocenters. The maximum atomic E-state index is 13.4. The first kappa shape index (κ1) is 32.3. The molecule has 14 heteroatoms. The Kier molecular flexibility index (Phi) is 13.7. The second kappa shape index (κ2) is 16.9. The zero-order valence-corrected chi connectivity index (χ0v) is 22.6. The second-order valence-corrected chi connectivity index (χ2v) is 9.77. The van der Waals surface area contributed by atoms with Gasteiger partial charge in [-0.15, -0.1) is 0 Å². The molecule has 0 aromatic heterocycles. The van der Waals surface area contributed by atoms with Crippen molar-refractivity contribution in [3.05, 3.63) is 29.8 Å². The average Bonchev–Trinajstić information content (AvgIpc) is 3.45. The van der Waals surface area contributed by atoms with E-state index in [1.807, 2.05) is 0 Å². The van der Waals surface area contributed by atoms with Crippen LogP contribution >= 0.6 is 0 Å². The van der Waals surface area contributed by atoms with Crippen LogP contribution in [-0.2, 0) is 25.6 Å². The summed E-state index contributed by atoms with van der Waals surface area (Å²) in [5.74, 6) is -2.89. The lowest BCUT2D eigenvalue weighted by Gasteiger charge is -2.25. The van der Waals surface area contributed by atoms with Gasteiger partial charge in [0, 0.05) is 13.0 Å². The molecule has 3 amide bonds. The van der Waals surface area contributed by atoms with Crippen LogP contribution in [0, 0.1) is 0 Å². The molecular formula is C26H42N8O6. The molecular weight excluding hydrogens is 520 g/mol. The van der Waals surface area contributed by atoms with Gasteiger partial charge in [-0.1, -0.05) is 12.1 Å². The Morgan fingerprint density at radius 1 is 0.950 bits per heavy atom. The fraction of sp³-hybridized carbons (Fsp3) is 0.577. The van der Waals surface area contributed by atoms with Crippen molar-refractivity contribution in [2.45, 2.75) is 75.5 Å². The average molecular weight is 563 g/mol. The summed E-state index contributed by atoms with van der Waals surface area (Å²) in [6, 6.07) is 2.35.